The van der Waals surface area contributed by atoms with Gasteiger partial charge < -0.3 is 0 Å². The number of benzene rings is 1. The molecule has 2 heterocycles. The summed E-state index contributed by atoms with van der Waals surface area (Å²) in [5, 5.41) is 0.334. The Labute approximate surface area is 175 Å². The predicted molar refractivity (Wildman–Crippen MR) is 108 cm³/mol. The Hall–Kier alpha value is -2.10. The second-order valence-corrected chi connectivity index (χ2v) is 9.76. The first-order chi connectivity index (χ1) is 13.4. The molecule has 10 heteroatoms. The van der Waals surface area contributed by atoms with Crippen LogP contribution in [0, 0.1) is 6.92 Å². The van der Waals surface area contributed by atoms with Crippen molar-refractivity contribution in [2.24, 2.45) is 0 Å². The van der Waals surface area contributed by atoms with Crippen molar-refractivity contribution >= 4 is 33.2 Å². The quantitative estimate of drug-likeness (QED) is 0.463. The number of rotatable bonds is 4. The average molecular weight is 459 g/mol. The third-order valence-corrected chi connectivity index (χ3v) is 6.19. The molecule has 0 amide bonds. The van der Waals surface area contributed by atoms with Gasteiger partial charge in [-0.15, -0.1) is 0 Å². The van der Waals surface area contributed by atoms with E-state index in [4.69, 9.17) is 11.6 Å². The zero-order valence-electron chi connectivity index (χ0n) is 15.2. The first-order valence-electron chi connectivity index (χ1n) is 8.13. The summed E-state index contributed by atoms with van der Waals surface area (Å²) >= 11 is 5.84. The summed E-state index contributed by atoms with van der Waals surface area (Å²) in [7, 11) is -3.36. The Balaban J connectivity index is 2.12. The highest BCUT2D eigenvalue weighted by molar-refractivity contribution is 8.00. The van der Waals surface area contributed by atoms with Crippen LogP contribution in [0.15, 0.2) is 58.6 Å². The van der Waals surface area contributed by atoms with Gasteiger partial charge in [-0.05, 0) is 48.5 Å². The fourth-order valence-corrected chi connectivity index (χ4v) is 4.07. The molecule has 29 heavy (non-hydrogen) atoms. The van der Waals surface area contributed by atoms with Crippen molar-refractivity contribution in [3.8, 4) is 22.4 Å². The molecular weight excluding hydrogens is 445 g/mol. The fourth-order valence-electron chi connectivity index (χ4n) is 2.64. The van der Waals surface area contributed by atoms with E-state index in [1.165, 1.54) is 37.5 Å². The third-order valence-electron chi connectivity index (χ3n) is 3.99. The molecule has 0 N–H and O–H groups in total. The molecular formula is C19H14ClF3N2O2S2. The van der Waals surface area contributed by atoms with Crippen molar-refractivity contribution in [1.82, 2.24) is 9.97 Å². The lowest BCUT2D eigenvalue weighted by molar-refractivity contribution is -0.0328. The van der Waals surface area contributed by atoms with Crippen LogP contribution in [-0.2, 0) is 9.84 Å². The van der Waals surface area contributed by atoms with Crippen molar-refractivity contribution in [2.75, 3.05) is 6.26 Å². The molecule has 3 rings (SSSR count). The highest BCUT2D eigenvalue weighted by atomic mass is 35.5. The Morgan fingerprint density at radius 1 is 1.00 bits per heavy atom. The highest BCUT2D eigenvalue weighted by Gasteiger charge is 2.30. The average Bonchev–Trinajstić information content (AvgIpc) is 2.62. The number of thioether (sulfide) groups is 1. The van der Waals surface area contributed by atoms with Gasteiger partial charge in [0.15, 0.2) is 9.84 Å². The zero-order chi connectivity index (χ0) is 21.4. The van der Waals surface area contributed by atoms with Crippen LogP contribution in [0.1, 0.15) is 5.69 Å². The van der Waals surface area contributed by atoms with Crippen molar-refractivity contribution in [2.45, 2.75) is 22.2 Å². The van der Waals surface area contributed by atoms with Crippen LogP contribution in [0.25, 0.3) is 22.4 Å². The van der Waals surface area contributed by atoms with Gasteiger partial charge in [-0.25, -0.2) is 8.42 Å². The standard InChI is InChI=1S/C19H14ClF3N2O2S2/c1-11-17(28-19(21,22)23)7-13(9-24-11)18-16(8-14(20)10-25-18)12-3-5-15(6-4-12)29(2,26)27/h3-10H,1-2H3. The molecule has 1 aromatic carbocycles. The van der Waals surface area contributed by atoms with Crippen molar-refractivity contribution in [1.29, 1.82) is 0 Å². The molecule has 152 valence electrons. The smallest absolute Gasteiger partial charge is 0.260 e. The molecule has 4 nitrogen and oxygen atoms in total. The Bertz CT molecular complexity index is 1170. The predicted octanol–water partition coefficient (Wildman–Crippen LogP) is 5.79. The van der Waals surface area contributed by atoms with Crippen molar-refractivity contribution in [3.05, 3.63) is 59.5 Å². The third kappa shape index (κ3) is 5.29. The number of aryl methyl sites for hydroxylation is 1. The molecule has 0 aliphatic rings. The van der Waals surface area contributed by atoms with Crippen LogP contribution in [0.3, 0.4) is 0 Å². The molecule has 0 bridgehead atoms. The van der Waals surface area contributed by atoms with Gasteiger partial charge in [0.2, 0.25) is 0 Å². The van der Waals surface area contributed by atoms with E-state index >= 15 is 0 Å². The van der Waals surface area contributed by atoms with Gasteiger partial charge in [-0.1, -0.05) is 23.7 Å². The first-order valence-corrected chi connectivity index (χ1v) is 11.2. The number of pyridine rings is 2. The maximum Gasteiger partial charge on any atom is 0.446 e. The van der Waals surface area contributed by atoms with E-state index in [9.17, 15) is 21.6 Å². The summed E-state index contributed by atoms with van der Waals surface area (Å²) in [6.07, 6.45) is 3.94. The van der Waals surface area contributed by atoms with E-state index in [1.54, 1.807) is 18.2 Å². The molecule has 0 saturated heterocycles. The zero-order valence-corrected chi connectivity index (χ0v) is 17.5. The van der Waals surface area contributed by atoms with E-state index in [-0.39, 0.29) is 27.2 Å². The second kappa shape index (κ2) is 7.97. The minimum absolute atomic E-state index is 0.0230. The molecule has 0 atom stereocenters. The number of nitrogens with zero attached hydrogens (tertiary/aromatic N) is 2. The van der Waals surface area contributed by atoms with E-state index in [2.05, 4.69) is 9.97 Å². The van der Waals surface area contributed by atoms with E-state index < -0.39 is 15.3 Å². The summed E-state index contributed by atoms with van der Waals surface area (Å²) in [5.41, 5.74) is -2.24. The minimum Gasteiger partial charge on any atom is -0.260 e. The van der Waals surface area contributed by atoms with Gasteiger partial charge in [0.25, 0.3) is 0 Å². The van der Waals surface area contributed by atoms with Gasteiger partial charge in [0.1, 0.15) is 0 Å². The van der Waals surface area contributed by atoms with Gasteiger partial charge in [-0.2, -0.15) is 13.2 Å². The summed E-state index contributed by atoms with van der Waals surface area (Å²) in [6, 6.07) is 9.10. The number of sulfone groups is 1. The molecule has 0 aliphatic carbocycles. The topological polar surface area (TPSA) is 59.9 Å². The number of aromatic nitrogens is 2. The van der Waals surface area contributed by atoms with Crippen LogP contribution < -0.4 is 0 Å². The molecule has 0 spiro atoms. The molecule has 0 aliphatic heterocycles. The Morgan fingerprint density at radius 3 is 2.24 bits per heavy atom. The monoisotopic (exact) mass is 458 g/mol. The summed E-state index contributed by atoms with van der Waals surface area (Å²) < 4.78 is 61.9. The lowest BCUT2D eigenvalue weighted by Crippen LogP contribution is -2.01. The van der Waals surface area contributed by atoms with Crippen LogP contribution in [-0.4, -0.2) is 30.1 Å². The first kappa shape index (κ1) is 21.6. The van der Waals surface area contributed by atoms with Crippen molar-refractivity contribution in [3.63, 3.8) is 0 Å². The lowest BCUT2D eigenvalue weighted by Gasteiger charge is -2.13. The van der Waals surface area contributed by atoms with Crippen molar-refractivity contribution < 1.29 is 21.6 Å². The second-order valence-electron chi connectivity index (χ2n) is 6.20. The van der Waals surface area contributed by atoms with Gasteiger partial charge in [0.05, 0.1) is 21.3 Å². The molecule has 2 aromatic heterocycles. The lowest BCUT2D eigenvalue weighted by atomic mass is 10.0. The normalized spacial score (nSPS) is 12.2. The molecule has 0 fully saturated rings. The fraction of sp³-hybridized carbons (Fsp3) is 0.158. The molecule has 0 saturated carbocycles. The number of hydrogen-bond donors (Lipinski definition) is 0. The SMILES string of the molecule is Cc1ncc(-c2ncc(Cl)cc2-c2ccc(S(C)(=O)=O)cc2)cc1SC(F)(F)F. The molecule has 0 radical (unpaired) electrons. The maximum absolute atomic E-state index is 12.8. The van der Waals surface area contributed by atoms with E-state index in [0.717, 1.165) is 6.26 Å². The van der Waals surface area contributed by atoms with Gasteiger partial charge in [-0.3, -0.25) is 9.97 Å². The molecule has 3 aromatic rings. The summed E-state index contributed by atoms with van der Waals surface area (Å²) in [4.78, 5) is 8.48. The minimum atomic E-state index is -4.44. The highest BCUT2D eigenvalue weighted by Crippen LogP contribution is 2.40. The summed E-state index contributed by atoms with van der Waals surface area (Å²) in [6.45, 7) is 1.50. The van der Waals surface area contributed by atoms with Gasteiger partial charge in [0, 0.05) is 34.7 Å². The largest absolute Gasteiger partial charge is 0.446 e. The molecule has 0 unspecified atom stereocenters. The Kier molecular flexibility index (Phi) is 5.93. The Morgan fingerprint density at radius 2 is 1.66 bits per heavy atom. The van der Waals surface area contributed by atoms with Gasteiger partial charge >= 0.3 is 5.51 Å². The number of hydrogen-bond acceptors (Lipinski definition) is 5. The van der Waals surface area contributed by atoms with Crippen LogP contribution in [0.4, 0.5) is 13.2 Å². The maximum atomic E-state index is 12.8. The number of alkyl halides is 3. The van der Waals surface area contributed by atoms with E-state index in [1.807, 2.05) is 0 Å². The van der Waals surface area contributed by atoms with Crippen LogP contribution >= 0.6 is 23.4 Å². The van der Waals surface area contributed by atoms with Crippen LogP contribution in [0.2, 0.25) is 5.02 Å². The summed E-state index contributed by atoms with van der Waals surface area (Å²) in [5.74, 6) is 0. The van der Waals surface area contributed by atoms with Crippen LogP contribution in [0.5, 0.6) is 0 Å². The number of halogens is 4. The van der Waals surface area contributed by atoms with E-state index in [0.29, 0.717) is 27.4 Å².